The van der Waals surface area contributed by atoms with Gasteiger partial charge in [-0.25, -0.2) is 4.31 Å². The Bertz CT molecular complexity index is 309. The lowest BCUT2D eigenvalue weighted by molar-refractivity contribution is 0.114. The summed E-state index contributed by atoms with van der Waals surface area (Å²) in [6.07, 6.45) is 4.08. The topological polar surface area (TPSA) is 20.3 Å². The molecule has 0 aliphatic carbocycles. The van der Waals surface area contributed by atoms with E-state index in [-0.39, 0.29) is 5.54 Å². The highest BCUT2D eigenvalue weighted by molar-refractivity contribution is 7.97. The minimum atomic E-state index is -2.07. The molecule has 1 saturated heterocycles. The highest BCUT2D eigenvalue weighted by atomic mass is 32.2. The van der Waals surface area contributed by atoms with Crippen molar-refractivity contribution < 1.29 is 4.21 Å². The van der Waals surface area contributed by atoms with Gasteiger partial charge < -0.3 is 0 Å². The Kier molecular flexibility index (Phi) is 3.56. The highest BCUT2D eigenvalue weighted by Gasteiger charge is 2.47. The van der Waals surface area contributed by atoms with Gasteiger partial charge in [-0.1, -0.05) is 27.7 Å². The summed E-state index contributed by atoms with van der Waals surface area (Å²) < 4.78 is 14.4. The van der Waals surface area contributed by atoms with Crippen LogP contribution in [0, 0.1) is 11.8 Å². The zero-order chi connectivity index (χ0) is 11.9. The second-order valence-corrected chi connectivity index (χ2v) is 7.83. The maximum atomic E-state index is 12.2. The Hall–Kier alpha value is -0.0200. The third-order valence-electron chi connectivity index (χ3n) is 3.87. The maximum Gasteiger partial charge on any atom is 0.0376 e. The summed E-state index contributed by atoms with van der Waals surface area (Å²) in [6.45, 7) is 9.90. The van der Waals surface area contributed by atoms with Crippen molar-refractivity contribution in [3.05, 3.63) is 0 Å². The van der Waals surface area contributed by atoms with Gasteiger partial charge in [-0.15, -0.1) is 0 Å². The van der Waals surface area contributed by atoms with E-state index in [1.807, 2.05) is 0 Å². The average Bonchev–Trinajstić information content (AvgIpc) is 2.46. The fourth-order valence-corrected chi connectivity index (χ4v) is 4.96. The first-order chi connectivity index (χ1) is 6.73. The minimum absolute atomic E-state index is 0.0909. The molecular weight excluding hydrogens is 206 g/mol. The molecule has 2 nitrogen and oxygen atoms in total. The van der Waals surface area contributed by atoms with Gasteiger partial charge in [0.25, 0.3) is 0 Å². The molecule has 1 heterocycles. The fourth-order valence-electron chi connectivity index (χ4n) is 3.21. The predicted molar refractivity (Wildman–Crippen MR) is 69.5 cm³/mol. The van der Waals surface area contributed by atoms with Crippen molar-refractivity contribution in [1.82, 2.24) is 4.31 Å². The molecule has 0 radical (unpaired) electrons. The van der Waals surface area contributed by atoms with Crippen LogP contribution >= 0.6 is 0 Å². The van der Waals surface area contributed by atoms with E-state index in [0.29, 0.717) is 11.8 Å². The van der Waals surface area contributed by atoms with E-state index in [2.05, 4.69) is 37.9 Å². The Balaban J connectivity index is 3.18. The number of hydrogen-bond donors (Lipinski definition) is 0. The van der Waals surface area contributed by atoms with E-state index < -0.39 is 9.71 Å². The Labute approximate surface area is 95.2 Å². The smallest absolute Gasteiger partial charge is 0.0376 e. The normalized spacial score (nSPS) is 26.1. The molecule has 0 spiro atoms. The molecule has 0 N–H and O–H groups in total. The van der Waals surface area contributed by atoms with Gasteiger partial charge in [0.1, 0.15) is 0 Å². The van der Waals surface area contributed by atoms with E-state index in [1.165, 1.54) is 0 Å². The molecule has 0 aromatic carbocycles. The highest BCUT2D eigenvalue weighted by Crippen LogP contribution is 2.43. The van der Waals surface area contributed by atoms with Crippen LogP contribution in [0.2, 0.25) is 0 Å². The zero-order valence-corrected chi connectivity index (χ0v) is 11.6. The van der Waals surface area contributed by atoms with Gasteiger partial charge in [-0.2, -0.15) is 0 Å². The van der Waals surface area contributed by atoms with Crippen LogP contribution in [-0.4, -0.2) is 32.7 Å². The summed E-state index contributed by atoms with van der Waals surface area (Å²) >= 11 is 0. The van der Waals surface area contributed by atoms with Crippen molar-refractivity contribution in [3.8, 4) is 0 Å². The first-order valence-electron chi connectivity index (χ1n) is 5.83. The Morgan fingerprint density at radius 3 is 2.00 bits per heavy atom. The molecule has 90 valence electrons. The van der Waals surface area contributed by atoms with E-state index >= 15 is 0 Å². The monoisotopic (exact) mass is 231 g/mol. The SMILES string of the molecule is C=S(C)(=O)N1CCCC1(C(C)C)C(C)C. The van der Waals surface area contributed by atoms with Gasteiger partial charge >= 0.3 is 0 Å². The molecule has 1 rings (SSSR count). The number of hydrogen-bond acceptors (Lipinski definition) is 1. The van der Waals surface area contributed by atoms with Crippen molar-refractivity contribution in [2.24, 2.45) is 11.8 Å². The second kappa shape index (κ2) is 4.10. The fraction of sp³-hybridized carbons (Fsp3) is 0.917. The minimum Gasteiger partial charge on any atom is -0.253 e. The molecular formula is C12H25NOS. The van der Waals surface area contributed by atoms with Crippen molar-refractivity contribution in [1.29, 1.82) is 0 Å². The summed E-state index contributed by atoms with van der Waals surface area (Å²) in [4.78, 5) is 0. The largest absolute Gasteiger partial charge is 0.253 e. The van der Waals surface area contributed by atoms with Crippen LogP contribution in [0.4, 0.5) is 0 Å². The summed E-state index contributed by atoms with van der Waals surface area (Å²) in [7, 11) is -2.07. The number of rotatable bonds is 3. The lowest BCUT2D eigenvalue weighted by atomic mass is 9.76. The van der Waals surface area contributed by atoms with E-state index in [0.717, 1.165) is 19.4 Å². The summed E-state index contributed by atoms with van der Waals surface area (Å²) in [6, 6.07) is 0. The molecule has 15 heavy (non-hydrogen) atoms. The predicted octanol–water partition coefficient (Wildman–Crippen LogP) is 2.39. The molecule has 0 aromatic heterocycles. The standard InChI is InChI=1S/C12H25NOS/c1-10(2)12(11(3)4)8-7-9-13(12)15(5,6)14/h10-11H,5,7-9H2,1-4,6H3. The quantitative estimate of drug-likeness (QED) is 0.683. The second-order valence-electron chi connectivity index (χ2n) is 5.47. The van der Waals surface area contributed by atoms with Crippen LogP contribution < -0.4 is 0 Å². The van der Waals surface area contributed by atoms with Crippen LogP contribution in [0.3, 0.4) is 0 Å². The van der Waals surface area contributed by atoms with E-state index in [1.54, 1.807) is 6.26 Å². The molecule has 1 aliphatic rings. The third kappa shape index (κ3) is 2.09. The Morgan fingerprint density at radius 2 is 1.73 bits per heavy atom. The van der Waals surface area contributed by atoms with Gasteiger partial charge in [0.2, 0.25) is 0 Å². The molecule has 0 bridgehead atoms. The molecule has 3 heteroatoms. The third-order valence-corrected chi connectivity index (χ3v) is 5.32. The zero-order valence-electron chi connectivity index (χ0n) is 10.7. The Morgan fingerprint density at radius 1 is 1.27 bits per heavy atom. The number of nitrogens with zero attached hydrogens (tertiary/aromatic N) is 1. The summed E-state index contributed by atoms with van der Waals surface area (Å²) in [5.41, 5.74) is 0.0909. The van der Waals surface area contributed by atoms with Gasteiger partial charge in [0.15, 0.2) is 0 Å². The molecule has 0 aromatic rings. The van der Waals surface area contributed by atoms with E-state index in [9.17, 15) is 4.21 Å². The summed E-state index contributed by atoms with van der Waals surface area (Å²) in [5, 5.41) is 0. The van der Waals surface area contributed by atoms with E-state index in [4.69, 9.17) is 0 Å². The van der Waals surface area contributed by atoms with Crippen LogP contribution in [0.5, 0.6) is 0 Å². The molecule has 1 unspecified atom stereocenters. The molecule has 1 fully saturated rings. The van der Waals surface area contributed by atoms with Crippen molar-refractivity contribution >= 4 is 15.6 Å². The van der Waals surface area contributed by atoms with Crippen LogP contribution in [0.15, 0.2) is 0 Å². The van der Waals surface area contributed by atoms with Gasteiger partial charge in [0.05, 0.1) is 0 Å². The summed E-state index contributed by atoms with van der Waals surface area (Å²) in [5.74, 6) is 4.93. The molecule has 0 amide bonds. The maximum absolute atomic E-state index is 12.2. The molecule has 1 atom stereocenters. The first kappa shape index (κ1) is 13.0. The van der Waals surface area contributed by atoms with Gasteiger partial charge in [0, 0.05) is 28.0 Å². The lowest BCUT2D eigenvalue weighted by Crippen LogP contribution is -2.54. The lowest BCUT2D eigenvalue weighted by Gasteiger charge is -2.45. The first-order valence-corrected chi connectivity index (χ1v) is 7.92. The molecule has 1 aliphatic heterocycles. The average molecular weight is 231 g/mol. The van der Waals surface area contributed by atoms with Crippen molar-refractivity contribution in [3.63, 3.8) is 0 Å². The molecule has 0 saturated carbocycles. The van der Waals surface area contributed by atoms with Gasteiger partial charge in [-0.05, 0) is 30.5 Å². The van der Waals surface area contributed by atoms with Crippen LogP contribution in [-0.2, 0) is 9.71 Å². The van der Waals surface area contributed by atoms with Crippen molar-refractivity contribution in [2.45, 2.75) is 46.1 Å². The van der Waals surface area contributed by atoms with Crippen LogP contribution in [0.25, 0.3) is 0 Å². The van der Waals surface area contributed by atoms with Gasteiger partial charge in [-0.3, -0.25) is 4.21 Å². The van der Waals surface area contributed by atoms with Crippen LogP contribution in [0.1, 0.15) is 40.5 Å². The van der Waals surface area contributed by atoms with Crippen molar-refractivity contribution in [2.75, 3.05) is 12.8 Å².